The molecule has 0 radical (unpaired) electrons. The summed E-state index contributed by atoms with van der Waals surface area (Å²) < 4.78 is 6.34. The number of aldehydes is 1. The Hall–Kier alpha value is -0.843. The van der Waals surface area contributed by atoms with Gasteiger partial charge in [-0.25, -0.2) is 0 Å². The average molecular weight is 340 g/mol. The van der Waals surface area contributed by atoms with E-state index < -0.39 is 13.9 Å². The van der Waals surface area contributed by atoms with E-state index in [0.717, 1.165) is 17.5 Å². The van der Waals surface area contributed by atoms with Crippen LogP contribution >= 0.6 is 11.6 Å². The highest BCUT2D eigenvalue weighted by Gasteiger charge is 2.46. The molecule has 0 N–H and O–H groups in total. The van der Waals surface area contributed by atoms with Crippen molar-refractivity contribution in [1.82, 2.24) is 0 Å². The van der Waals surface area contributed by atoms with Gasteiger partial charge in [0.05, 0.1) is 12.6 Å². The lowest BCUT2D eigenvalue weighted by molar-refractivity contribution is -0.113. The molecule has 1 aromatic rings. The topological polar surface area (TPSA) is 29.5 Å². The number of carbonyl (C=O) groups is 1. The van der Waals surface area contributed by atoms with Crippen LogP contribution in [0.4, 0.5) is 5.69 Å². The van der Waals surface area contributed by atoms with Gasteiger partial charge < -0.3 is 14.1 Å². The maximum Gasteiger partial charge on any atom is 0.192 e. The first-order valence-electron chi connectivity index (χ1n) is 7.69. The molecule has 0 aromatic heterocycles. The van der Waals surface area contributed by atoms with Crippen molar-refractivity contribution in [2.24, 2.45) is 0 Å². The number of rotatable bonds is 5. The molecule has 0 aliphatic carbocycles. The SMILES string of the molecule is CC(C)(C)[Si](C)(C)OCC1(C=O)Cc2ccccc2N1CCl. The predicted molar refractivity (Wildman–Crippen MR) is 95.3 cm³/mol. The normalized spacial score (nSPS) is 21.8. The first kappa shape index (κ1) is 17.5. The molecule has 1 aromatic carbocycles. The Kier molecular flexibility index (Phi) is 4.76. The molecule has 1 atom stereocenters. The molecule has 0 saturated carbocycles. The van der Waals surface area contributed by atoms with Gasteiger partial charge in [-0.2, -0.15) is 0 Å². The zero-order valence-electron chi connectivity index (χ0n) is 14.1. The number of fused-ring (bicyclic) bond motifs is 1. The molecule has 0 saturated heterocycles. The summed E-state index contributed by atoms with van der Waals surface area (Å²) in [6, 6.07) is 8.35. The molecule has 22 heavy (non-hydrogen) atoms. The summed E-state index contributed by atoms with van der Waals surface area (Å²) in [5.41, 5.74) is 1.53. The summed E-state index contributed by atoms with van der Waals surface area (Å²) in [6.07, 6.45) is 1.68. The molecule has 0 bridgehead atoms. The van der Waals surface area contributed by atoms with Gasteiger partial charge in [0, 0.05) is 12.1 Å². The van der Waals surface area contributed by atoms with Gasteiger partial charge in [-0.1, -0.05) is 39.0 Å². The van der Waals surface area contributed by atoms with Gasteiger partial charge in [0.1, 0.15) is 11.8 Å². The number of hydrogen-bond donors (Lipinski definition) is 0. The Bertz CT molecular complexity index is 556. The van der Waals surface area contributed by atoms with Crippen molar-refractivity contribution in [3.8, 4) is 0 Å². The summed E-state index contributed by atoms with van der Waals surface area (Å²) in [4.78, 5) is 13.9. The Morgan fingerprint density at radius 2 is 2.00 bits per heavy atom. The smallest absolute Gasteiger partial charge is 0.192 e. The number of hydrogen-bond acceptors (Lipinski definition) is 3. The van der Waals surface area contributed by atoms with Crippen LogP contribution in [-0.2, 0) is 15.6 Å². The van der Waals surface area contributed by atoms with Crippen molar-refractivity contribution in [1.29, 1.82) is 0 Å². The van der Waals surface area contributed by atoms with E-state index in [1.165, 1.54) is 0 Å². The summed E-state index contributed by atoms with van der Waals surface area (Å²) >= 11 is 6.16. The molecule has 5 heteroatoms. The van der Waals surface area contributed by atoms with E-state index in [0.29, 0.717) is 13.0 Å². The Morgan fingerprint density at radius 3 is 2.55 bits per heavy atom. The lowest BCUT2D eigenvalue weighted by Crippen LogP contribution is -2.55. The van der Waals surface area contributed by atoms with Crippen LogP contribution in [0.25, 0.3) is 0 Å². The standard InChI is InChI=1S/C17H26ClNO2Si/c1-16(2,3)22(4,5)21-12-17(11-20)10-14-8-6-7-9-15(14)19(17)13-18/h6-9,11H,10,12-13H2,1-5H3. The molecule has 3 nitrogen and oxygen atoms in total. The third-order valence-corrected chi connectivity index (χ3v) is 9.86. The highest BCUT2D eigenvalue weighted by atomic mass is 35.5. The molecule has 0 amide bonds. The zero-order valence-corrected chi connectivity index (χ0v) is 15.9. The number of anilines is 1. The van der Waals surface area contributed by atoms with Crippen LogP contribution in [-0.4, -0.2) is 32.8 Å². The van der Waals surface area contributed by atoms with Gasteiger partial charge in [0.2, 0.25) is 0 Å². The minimum absolute atomic E-state index is 0.119. The molecule has 1 aliphatic heterocycles. The van der Waals surface area contributed by atoms with Gasteiger partial charge in [-0.15, -0.1) is 11.6 Å². The number of para-hydroxylation sites is 1. The van der Waals surface area contributed by atoms with Crippen LogP contribution in [0.1, 0.15) is 26.3 Å². The Morgan fingerprint density at radius 1 is 1.36 bits per heavy atom. The molecule has 0 fully saturated rings. The van der Waals surface area contributed by atoms with Crippen LogP contribution in [0.3, 0.4) is 0 Å². The van der Waals surface area contributed by atoms with Crippen molar-refractivity contribution in [2.75, 3.05) is 17.5 Å². The summed E-state index contributed by atoms with van der Waals surface area (Å²) in [5, 5.41) is 0.119. The van der Waals surface area contributed by atoms with E-state index in [1.54, 1.807) is 0 Å². The fraction of sp³-hybridized carbons (Fsp3) is 0.588. The van der Waals surface area contributed by atoms with Crippen LogP contribution < -0.4 is 4.90 Å². The highest BCUT2D eigenvalue weighted by molar-refractivity contribution is 6.74. The summed E-state index contributed by atoms with van der Waals surface area (Å²) in [7, 11) is -1.91. The molecule has 122 valence electrons. The minimum Gasteiger partial charge on any atom is -0.414 e. The Labute approximate surface area is 139 Å². The van der Waals surface area contributed by atoms with E-state index in [9.17, 15) is 4.79 Å². The third kappa shape index (κ3) is 2.96. The van der Waals surface area contributed by atoms with Crippen LogP contribution in [0.2, 0.25) is 18.1 Å². The van der Waals surface area contributed by atoms with E-state index in [1.807, 2.05) is 23.1 Å². The second-order valence-electron chi connectivity index (χ2n) is 7.62. The van der Waals surface area contributed by atoms with Gasteiger partial charge in [0.15, 0.2) is 8.32 Å². The van der Waals surface area contributed by atoms with Crippen molar-refractivity contribution in [3.63, 3.8) is 0 Å². The maximum absolute atomic E-state index is 12.0. The molecule has 1 heterocycles. The molecule has 1 unspecified atom stereocenters. The van der Waals surface area contributed by atoms with Crippen molar-refractivity contribution < 1.29 is 9.22 Å². The predicted octanol–water partition coefficient (Wildman–Crippen LogP) is 4.20. The quantitative estimate of drug-likeness (QED) is 0.348. The lowest BCUT2D eigenvalue weighted by Gasteiger charge is -2.41. The third-order valence-electron chi connectivity index (χ3n) is 5.14. The van der Waals surface area contributed by atoms with Crippen molar-refractivity contribution in [2.45, 2.75) is 50.9 Å². The van der Waals surface area contributed by atoms with E-state index in [4.69, 9.17) is 16.0 Å². The minimum atomic E-state index is -1.91. The van der Waals surface area contributed by atoms with E-state index in [-0.39, 0.29) is 11.0 Å². The molecule has 2 rings (SSSR count). The number of carbonyl (C=O) groups excluding carboxylic acids is 1. The van der Waals surface area contributed by atoms with Crippen LogP contribution in [0.5, 0.6) is 0 Å². The second-order valence-corrected chi connectivity index (χ2v) is 12.7. The molecular weight excluding hydrogens is 314 g/mol. The fourth-order valence-electron chi connectivity index (χ4n) is 2.56. The number of benzene rings is 1. The summed E-state index contributed by atoms with van der Waals surface area (Å²) in [5.74, 6) is 0. The van der Waals surface area contributed by atoms with Gasteiger partial charge in [0.25, 0.3) is 0 Å². The van der Waals surface area contributed by atoms with Crippen LogP contribution in [0, 0.1) is 0 Å². The molecule has 1 aliphatic rings. The van der Waals surface area contributed by atoms with E-state index in [2.05, 4.69) is 39.9 Å². The van der Waals surface area contributed by atoms with Crippen molar-refractivity contribution in [3.05, 3.63) is 29.8 Å². The van der Waals surface area contributed by atoms with Gasteiger partial charge in [-0.05, 0) is 29.8 Å². The Balaban J connectivity index is 2.26. The van der Waals surface area contributed by atoms with Gasteiger partial charge >= 0.3 is 0 Å². The average Bonchev–Trinajstić information content (AvgIpc) is 2.78. The number of halogens is 1. The zero-order chi connectivity index (χ0) is 16.6. The maximum atomic E-state index is 12.0. The highest BCUT2D eigenvalue weighted by Crippen LogP contribution is 2.41. The number of alkyl halides is 1. The first-order chi connectivity index (χ1) is 10.2. The van der Waals surface area contributed by atoms with Gasteiger partial charge in [-0.3, -0.25) is 0 Å². The largest absolute Gasteiger partial charge is 0.414 e. The molecular formula is C17H26ClNO2Si. The fourth-order valence-corrected chi connectivity index (χ4v) is 3.97. The lowest BCUT2D eigenvalue weighted by atomic mass is 9.97. The van der Waals surface area contributed by atoms with E-state index >= 15 is 0 Å². The molecule has 0 spiro atoms. The second kappa shape index (κ2) is 5.98. The number of nitrogens with zero attached hydrogens (tertiary/aromatic N) is 1. The monoisotopic (exact) mass is 339 g/mol. The van der Waals surface area contributed by atoms with Crippen LogP contribution in [0.15, 0.2) is 24.3 Å². The van der Waals surface area contributed by atoms with Crippen molar-refractivity contribution >= 4 is 31.9 Å². The summed E-state index contributed by atoms with van der Waals surface area (Å²) in [6.45, 7) is 11.4. The first-order valence-corrected chi connectivity index (χ1v) is 11.1.